The maximum absolute atomic E-state index is 13.3. The fraction of sp³-hybridized carbons (Fsp3) is 0.440. The number of rotatable bonds is 13. The van der Waals surface area contributed by atoms with Gasteiger partial charge in [0.15, 0.2) is 0 Å². The molecule has 2 amide bonds. The summed E-state index contributed by atoms with van der Waals surface area (Å²) >= 11 is 13.6. The molecule has 0 aliphatic heterocycles. The molecule has 8 heteroatoms. The van der Waals surface area contributed by atoms with Crippen LogP contribution in [0.2, 0.25) is 10.0 Å². The molecule has 0 heterocycles. The van der Waals surface area contributed by atoms with E-state index in [4.69, 9.17) is 27.9 Å². The second-order valence-corrected chi connectivity index (χ2v) is 9.48. The van der Waals surface area contributed by atoms with Gasteiger partial charge in [-0.3, -0.25) is 9.59 Å². The normalized spacial score (nSPS) is 11.7. The molecule has 0 radical (unpaired) electrons. The minimum Gasteiger partial charge on any atom is -0.497 e. The van der Waals surface area contributed by atoms with Crippen LogP contribution in [0.5, 0.6) is 5.75 Å². The van der Waals surface area contributed by atoms with Gasteiger partial charge in [0, 0.05) is 18.8 Å². The molecule has 180 valence electrons. The largest absolute Gasteiger partial charge is 0.497 e. The van der Waals surface area contributed by atoms with Crippen LogP contribution in [0.15, 0.2) is 42.5 Å². The predicted molar refractivity (Wildman–Crippen MR) is 138 cm³/mol. The summed E-state index contributed by atoms with van der Waals surface area (Å²) in [6.07, 6.45) is 2.45. The number of hydrogen-bond donors (Lipinski definition) is 1. The lowest BCUT2D eigenvalue weighted by atomic mass is 10.1. The lowest BCUT2D eigenvalue weighted by molar-refractivity contribution is -0.139. The van der Waals surface area contributed by atoms with Gasteiger partial charge in [0.25, 0.3) is 0 Å². The first-order chi connectivity index (χ1) is 15.9. The summed E-state index contributed by atoms with van der Waals surface area (Å²) in [4.78, 5) is 27.8. The average molecular weight is 512 g/mol. The SMILES string of the molecule is CCCCNC(=O)[C@@H](CC)N(Cc1ccc(OC)cc1)C(=O)CSCc1ccc(Cl)c(Cl)c1. The molecule has 1 atom stereocenters. The molecule has 33 heavy (non-hydrogen) atoms. The van der Waals surface area contributed by atoms with E-state index in [1.165, 1.54) is 11.8 Å². The van der Waals surface area contributed by atoms with Gasteiger partial charge in [-0.25, -0.2) is 0 Å². The van der Waals surface area contributed by atoms with E-state index in [9.17, 15) is 9.59 Å². The van der Waals surface area contributed by atoms with Crippen LogP contribution >= 0.6 is 35.0 Å². The van der Waals surface area contributed by atoms with Gasteiger partial charge in [0.1, 0.15) is 11.8 Å². The van der Waals surface area contributed by atoms with E-state index < -0.39 is 6.04 Å². The Morgan fingerprint density at radius 3 is 2.36 bits per heavy atom. The van der Waals surface area contributed by atoms with Crippen molar-refractivity contribution in [3.8, 4) is 5.75 Å². The van der Waals surface area contributed by atoms with Crippen LogP contribution in [0.4, 0.5) is 0 Å². The van der Waals surface area contributed by atoms with Crippen LogP contribution in [0.3, 0.4) is 0 Å². The number of carbonyl (C=O) groups is 2. The Kier molecular flexibility index (Phi) is 11.9. The third-order valence-corrected chi connectivity index (χ3v) is 6.93. The van der Waals surface area contributed by atoms with Gasteiger partial charge in [-0.15, -0.1) is 11.8 Å². The molecule has 0 aliphatic carbocycles. The maximum Gasteiger partial charge on any atom is 0.242 e. The highest BCUT2D eigenvalue weighted by atomic mass is 35.5. The van der Waals surface area contributed by atoms with Gasteiger partial charge in [-0.05, 0) is 48.2 Å². The fourth-order valence-electron chi connectivity index (χ4n) is 3.32. The van der Waals surface area contributed by atoms with Crippen molar-refractivity contribution >= 4 is 46.8 Å². The van der Waals surface area contributed by atoms with Crippen molar-refractivity contribution in [2.45, 2.75) is 51.4 Å². The van der Waals surface area contributed by atoms with E-state index in [2.05, 4.69) is 12.2 Å². The van der Waals surface area contributed by atoms with E-state index in [0.29, 0.717) is 35.3 Å². The van der Waals surface area contributed by atoms with Gasteiger partial charge in [0.05, 0.1) is 22.9 Å². The average Bonchev–Trinajstić information content (AvgIpc) is 2.81. The van der Waals surface area contributed by atoms with E-state index >= 15 is 0 Å². The molecule has 2 aromatic rings. The Bertz CT molecular complexity index is 909. The summed E-state index contributed by atoms with van der Waals surface area (Å²) in [5.74, 6) is 1.45. The van der Waals surface area contributed by atoms with E-state index in [1.807, 2.05) is 43.3 Å². The summed E-state index contributed by atoms with van der Waals surface area (Å²) in [6, 6.07) is 12.5. The molecule has 0 aromatic heterocycles. The number of amides is 2. The number of carbonyl (C=O) groups excluding carboxylic acids is 2. The fourth-order valence-corrected chi connectivity index (χ4v) is 4.50. The number of hydrogen-bond acceptors (Lipinski definition) is 4. The topological polar surface area (TPSA) is 58.6 Å². The second-order valence-electron chi connectivity index (χ2n) is 7.68. The molecule has 1 N–H and O–H groups in total. The summed E-state index contributed by atoms with van der Waals surface area (Å²) in [5.41, 5.74) is 1.94. The Balaban J connectivity index is 2.11. The van der Waals surface area contributed by atoms with Crippen LogP contribution in [0.25, 0.3) is 0 Å². The number of nitrogens with one attached hydrogen (secondary N) is 1. The predicted octanol–water partition coefficient (Wildman–Crippen LogP) is 5.96. The number of nitrogens with zero attached hydrogens (tertiary/aromatic N) is 1. The minimum atomic E-state index is -0.526. The zero-order valence-electron chi connectivity index (χ0n) is 19.4. The molecule has 0 spiro atoms. The van der Waals surface area contributed by atoms with E-state index in [-0.39, 0.29) is 17.6 Å². The van der Waals surface area contributed by atoms with Gasteiger partial charge < -0.3 is 15.0 Å². The van der Waals surface area contributed by atoms with Crippen molar-refractivity contribution in [3.63, 3.8) is 0 Å². The summed E-state index contributed by atoms with van der Waals surface area (Å²) in [5, 5.41) is 3.98. The first-order valence-corrected chi connectivity index (χ1v) is 13.0. The lowest BCUT2D eigenvalue weighted by Crippen LogP contribution is -2.49. The Morgan fingerprint density at radius 1 is 1.06 bits per heavy atom. The number of benzene rings is 2. The highest BCUT2D eigenvalue weighted by Crippen LogP contribution is 2.25. The monoisotopic (exact) mass is 510 g/mol. The Hall–Kier alpha value is -1.89. The standard InChI is InChI=1S/C25H32Cl2N2O3S/c1-4-6-13-28-25(31)23(5-2)29(15-18-7-10-20(32-3)11-8-18)24(30)17-33-16-19-9-12-21(26)22(27)14-19/h7-12,14,23H,4-6,13,15-17H2,1-3H3,(H,28,31)/t23-/m1/s1. The lowest BCUT2D eigenvalue weighted by Gasteiger charge is -2.30. The van der Waals surface area contributed by atoms with Crippen molar-refractivity contribution in [1.82, 2.24) is 10.2 Å². The smallest absolute Gasteiger partial charge is 0.242 e. The number of thioether (sulfide) groups is 1. The summed E-state index contributed by atoms with van der Waals surface area (Å²) in [7, 11) is 1.61. The van der Waals surface area contributed by atoms with Crippen LogP contribution in [-0.4, -0.2) is 42.2 Å². The van der Waals surface area contributed by atoms with Crippen LogP contribution < -0.4 is 10.1 Å². The molecule has 2 aromatic carbocycles. The van der Waals surface area contributed by atoms with Crippen molar-refractivity contribution in [3.05, 3.63) is 63.6 Å². The first-order valence-electron chi connectivity index (χ1n) is 11.1. The summed E-state index contributed by atoms with van der Waals surface area (Å²) < 4.78 is 5.23. The number of methoxy groups -OCH3 is 1. The van der Waals surface area contributed by atoms with E-state index in [0.717, 1.165) is 29.7 Å². The molecule has 0 unspecified atom stereocenters. The first kappa shape index (κ1) is 27.4. The molecule has 0 saturated heterocycles. The van der Waals surface area contributed by atoms with Crippen LogP contribution in [-0.2, 0) is 21.9 Å². The Morgan fingerprint density at radius 2 is 1.76 bits per heavy atom. The van der Waals surface area contributed by atoms with Crippen molar-refractivity contribution in [2.24, 2.45) is 0 Å². The zero-order chi connectivity index (χ0) is 24.2. The van der Waals surface area contributed by atoms with Gasteiger partial charge in [-0.2, -0.15) is 0 Å². The minimum absolute atomic E-state index is 0.0756. The molecular formula is C25H32Cl2N2O3S. The maximum atomic E-state index is 13.3. The quantitative estimate of drug-likeness (QED) is 0.337. The van der Waals surface area contributed by atoms with Crippen LogP contribution in [0.1, 0.15) is 44.2 Å². The Labute approximate surface area is 211 Å². The highest BCUT2D eigenvalue weighted by molar-refractivity contribution is 7.99. The molecule has 0 aliphatic rings. The number of unbranched alkanes of at least 4 members (excludes halogenated alkanes) is 1. The van der Waals surface area contributed by atoms with Crippen LogP contribution in [0, 0.1) is 0 Å². The van der Waals surface area contributed by atoms with E-state index in [1.54, 1.807) is 18.1 Å². The van der Waals surface area contributed by atoms with Gasteiger partial charge in [0.2, 0.25) is 11.8 Å². The molecule has 2 rings (SSSR count). The molecule has 0 fully saturated rings. The van der Waals surface area contributed by atoms with Gasteiger partial charge >= 0.3 is 0 Å². The zero-order valence-corrected chi connectivity index (χ0v) is 21.7. The number of halogens is 2. The highest BCUT2D eigenvalue weighted by Gasteiger charge is 2.28. The molecular weight excluding hydrogens is 479 g/mol. The molecule has 5 nitrogen and oxygen atoms in total. The number of ether oxygens (including phenoxy) is 1. The van der Waals surface area contributed by atoms with Crippen molar-refractivity contribution < 1.29 is 14.3 Å². The van der Waals surface area contributed by atoms with Crippen molar-refractivity contribution in [2.75, 3.05) is 19.4 Å². The third-order valence-electron chi connectivity index (χ3n) is 5.21. The molecule has 0 bridgehead atoms. The second kappa shape index (κ2) is 14.4. The molecule has 0 saturated carbocycles. The third kappa shape index (κ3) is 8.76. The van der Waals surface area contributed by atoms with Crippen molar-refractivity contribution in [1.29, 1.82) is 0 Å². The summed E-state index contributed by atoms with van der Waals surface area (Å²) in [6.45, 7) is 4.98. The van der Waals surface area contributed by atoms with Gasteiger partial charge in [-0.1, -0.05) is 61.7 Å².